The Morgan fingerprint density at radius 3 is 2.57 bits per heavy atom. The summed E-state index contributed by atoms with van der Waals surface area (Å²) in [5, 5.41) is 10.9. The Kier molecular flexibility index (Phi) is 4.32. The van der Waals surface area contributed by atoms with E-state index in [0.717, 1.165) is 6.07 Å². The van der Waals surface area contributed by atoms with Crippen LogP contribution in [0.25, 0.3) is 0 Å². The number of ketones is 1. The Labute approximate surface area is 127 Å². The lowest BCUT2D eigenvalue weighted by molar-refractivity contribution is -0.385. The van der Waals surface area contributed by atoms with Gasteiger partial charge in [-0.15, -0.1) is 0 Å². The van der Waals surface area contributed by atoms with Gasteiger partial charge in [-0.3, -0.25) is 14.9 Å². The first kappa shape index (κ1) is 15.1. The Morgan fingerprint density at radius 1 is 1.29 bits per heavy atom. The molecule has 21 heavy (non-hydrogen) atoms. The van der Waals surface area contributed by atoms with Crippen LogP contribution in [0.2, 0.25) is 0 Å². The molecule has 2 aromatic rings. The second kappa shape index (κ2) is 6.01. The third kappa shape index (κ3) is 3.08. The number of nitro benzene ring substituents is 1. The molecule has 2 rings (SSSR count). The molecule has 108 valence electrons. The van der Waals surface area contributed by atoms with Crippen LogP contribution >= 0.6 is 15.9 Å². The molecule has 0 aliphatic carbocycles. The number of ether oxygens (including phenoxy) is 1. The number of Topliss-reactive ketones (excluding diaryl/α,β-unsaturated/α-hetero) is 1. The molecular weight excluding hydrogens is 345 g/mol. The van der Waals surface area contributed by atoms with E-state index in [0.29, 0.717) is 0 Å². The van der Waals surface area contributed by atoms with Gasteiger partial charge in [-0.2, -0.15) is 0 Å². The predicted molar refractivity (Wildman–Crippen MR) is 77.3 cm³/mol. The van der Waals surface area contributed by atoms with E-state index >= 15 is 0 Å². The minimum atomic E-state index is -0.721. The van der Waals surface area contributed by atoms with Crippen LogP contribution in [-0.4, -0.2) is 10.7 Å². The van der Waals surface area contributed by atoms with Gasteiger partial charge in [0.05, 0.1) is 10.5 Å². The van der Waals surface area contributed by atoms with Gasteiger partial charge in [-0.1, -0.05) is 12.1 Å². The molecule has 0 unspecified atom stereocenters. The van der Waals surface area contributed by atoms with Gasteiger partial charge < -0.3 is 4.74 Å². The summed E-state index contributed by atoms with van der Waals surface area (Å²) in [5.74, 6) is -1.30. The number of rotatable bonds is 4. The maximum Gasteiger partial charge on any atom is 0.287 e. The topological polar surface area (TPSA) is 69.4 Å². The highest BCUT2D eigenvalue weighted by molar-refractivity contribution is 9.10. The molecule has 2 aromatic carbocycles. The van der Waals surface area contributed by atoms with Crippen LogP contribution in [0.4, 0.5) is 10.1 Å². The SMILES string of the molecule is CC(=O)c1cccc(F)c1Oc1cccc([N+](=O)[O-])c1Br. The number of hydrogen-bond donors (Lipinski definition) is 0. The lowest BCUT2D eigenvalue weighted by Crippen LogP contribution is -2.00. The molecule has 0 radical (unpaired) electrons. The smallest absolute Gasteiger partial charge is 0.287 e. The first-order chi connectivity index (χ1) is 9.91. The first-order valence-corrected chi connectivity index (χ1v) is 6.61. The van der Waals surface area contributed by atoms with Gasteiger partial charge in [-0.25, -0.2) is 4.39 Å². The normalized spacial score (nSPS) is 10.2. The number of hydrogen-bond acceptors (Lipinski definition) is 4. The van der Waals surface area contributed by atoms with Crippen molar-refractivity contribution in [1.82, 2.24) is 0 Å². The molecule has 0 N–H and O–H groups in total. The molecule has 0 saturated carbocycles. The van der Waals surface area contributed by atoms with Crippen molar-refractivity contribution in [2.24, 2.45) is 0 Å². The van der Waals surface area contributed by atoms with Crippen LogP contribution in [0.15, 0.2) is 40.9 Å². The molecule has 0 bridgehead atoms. The first-order valence-electron chi connectivity index (χ1n) is 5.82. The molecule has 0 heterocycles. The average molecular weight is 354 g/mol. The lowest BCUT2D eigenvalue weighted by Gasteiger charge is -2.11. The van der Waals surface area contributed by atoms with Crippen molar-refractivity contribution >= 4 is 27.4 Å². The molecule has 0 fully saturated rings. The zero-order chi connectivity index (χ0) is 15.6. The van der Waals surface area contributed by atoms with E-state index in [-0.39, 0.29) is 33.0 Å². The monoisotopic (exact) mass is 353 g/mol. The highest BCUT2D eigenvalue weighted by Crippen LogP contribution is 2.38. The second-order valence-corrected chi connectivity index (χ2v) is 4.91. The number of carbonyl (C=O) groups excluding carboxylic acids is 1. The molecule has 7 heteroatoms. The molecule has 0 aliphatic heterocycles. The van der Waals surface area contributed by atoms with Gasteiger partial charge in [0.2, 0.25) is 0 Å². The quantitative estimate of drug-likeness (QED) is 0.461. The number of nitro groups is 1. The molecule has 5 nitrogen and oxygen atoms in total. The fraction of sp³-hybridized carbons (Fsp3) is 0.0714. The molecule has 0 atom stereocenters. The van der Waals surface area contributed by atoms with E-state index in [1.807, 2.05) is 0 Å². The minimum absolute atomic E-state index is 0.0526. The van der Waals surface area contributed by atoms with E-state index in [9.17, 15) is 19.3 Å². The van der Waals surface area contributed by atoms with E-state index in [1.54, 1.807) is 0 Å². The van der Waals surface area contributed by atoms with Crippen LogP contribution in [0.5, 0.6) is 11.5 Å². The standard InChI is InChI=1S/C14H9BrFNO4/c1-8(18)9-4-2-5-10(16)14(9)21-12-7-3-6-11(13(12)15)17(19)20/h2-7H,1H3. The Bertz CT molecular complexity index is 733. The van der Waals surface area contributed by atoms with Gasteiger partial charge in [0.1, 0.15) is 10.2 Å². The van der Waals surface area contributed by atoms with Crippen molar-refractivity contribution in [3.8, 4) is 11.5 Å². The number of halogens is 2. The van der Waals surface area contributed by atoms with Crippen LogP contribution in [-0.2, 0) is 0 Å². The summed E-state index contributed by atoms with van der Waals surface area (Å²) >= 11 is 3.05. The van der Waals surface area contributed by atoms with Crippen LogP contribution in [0, 0.1) is 15.9 Å². The molecular formula is C14H9BrFNO4. The summed E-state index contributed by atoms with van der Waals surface area (Å²) in [6.45, 7) is 1.28. The van der Waals surface area contributed by atoms with E-state index in [1.165, 1.54) is 37.3 Å². The molecule has 0 aromatic heterocycles. The van der Waals surface area contributed by atoms with Crippen molar-refractivity contribution in [3.63, 3.8) is 0 Å². The average Bonchev–Trinajstić information content (AvgIpc) is 2.42. The largest absolute Gasteiger partial charge is 0.452 e. The predicted octanol–water partition coefficient (Wildman–Crippen LogP) is 4.49. The zero-order valence-electron chi connectivity index (χ0n) is 10.8. The summed E-state index contributed by atoms with van der Waals surface area (Å²) in [6, 6.07) is 8.09. The number of benzene rings is 2. The van der Waals surface area contributed by atoms with Gasteiger partial charge in [0.15, 0.2) is 17.3 Å². The Morgan fingerprint density at radius 2 is 1.95 bits per heavy atom. The highest BCUT2D eigenvalue weighted by Gasteiger charge is 2.20. The van der Waals surface area contributed by atoms with Crippen molar-refractivity contribution in [2.75, 3.05) is 0 Å². The van der Waals surface area contributed by atoms with Gasteiger partial charge in [-0.05, 0) is 41.1 Å². The Balaban J connectivity index is 2.51. The minimum Gasteiger partial charge on any atom is -0.452 e. The Hall–Kier alpha value is -2.28. The maximum atomic E-state index is 13.9. The molecule has 0 aliphatic rings. The maximum absolute atomic E-state index is 13.9. The van der Waals surface area contributed by atoms with Gasteiger partial charge in [0.25, 0.3) is 5.69 Å². The summed E-state index contributed by atoms with van der Waals surface area (Å²) in [4.78, 5) is 21.8. The summed E-state index contributed by atoms with van der Waals surface area (Å²) in [6.07, 6.45) is 0. The van der Waals surface area contributed by atoms with Gasteiger partial charge >= 0.3 is 0 Å². The molecule has 0 saturated heterocycles. The van der Waals surface area contributed by atoms with E-state index in [4.69, 9.17) is 4.74 Å². The second-order valence-electron chi connectivity index (χ2n) is 4.12. The summed E-state index contributed by atoms with van der Waals surface area (Å²) < 4.78 is 19.3. The van der Waals surface area contributed by atoms with E-state index in [2.05, 4.69) is 15.9 Å². The fourth-order valence-electron chi connectivity index (χ4n) is 1.72. The number of para-hydroxylation sites is 1. The van der Waals surface area contributed by atoms with Crippen molar-refractivity contribution in [1.29, 1.82) is 0 Å². The van der Waals surface area contributed by atoms with Gasteiger partial charge in [0, 0.05) is 6.07 Å². The van der Waals surface area contributed by atoms with Crippen molar-refractivity contribution in [3.05, 3.63) is 62.4 Å². The highest BCUT2D eigenvalue weighted by atomic mass is 79.9. The van der Waals surface area contributed by atoms with Crippen LogP contribution < -0.4 is 4.74 Å². The molecule has 0 spiro atoms. The summed E-state index contributed by atoms with van der Waals surface area (Å²) in [7, 11) is 0. The van der Waals surface area contributed by atoms with Crippen LogP contribution in [0.3, 0.4) is 0 Å². The van der Waals surface area contributed by atoms with Crippen molar-refractivity contribution < 1.29 is 18.8 Å². The lowest BCUT2D eigenvalue weighted by atomic mass is 10.1. The van der Waals surface area contributed by atoms with Crippen LogP contribution in [0.1, 0.15) is 17.3 Å². The zero-order valence-corrected chi connectivity index (χ0v) is 12.4. The summed E-state index contributed by atoms with van der Waals surface area (Å²) in [5.41, 5.74) is -0.151. The van der Waals surface area contributed by atoms with E-state index < -0.39 is 10.7 Å². The molecule has 0 amide bonds. The van der Waals surface area contributed by atoms with Crippen molar-refractivity contribution in [2.45, 2.75) is 6.92 Å². The number of nitrogens with zero attached hydrogens (tertiary/aromatic N) is 1. The third-order valence-corrected chi connectivity index (χ3v) is 3.49. The third-order valence-electron chi connectivity index (χ3n) is 2.70. The fourth-order valence-corrected chi connectivity index (χ4v) is 2.21. The number of carbonyl (C=O) groups is 1.